The molecule has 0 saturated carbocycles. The van der Waals surface area contributed by atoms with Gasteiger partial charge in [-0.25, -0.2) is 4.98 Å². The van der Waals surface area contributed by atoms with Crippen molar-refractivity contribution in [1.29, 1.82) is 0 Å². The number of aliphatic imine (C=N–C) groups is 1. The van der Waals surface area contributed by atoms with Crippen molar-refractivity contribution in [1.82, 2.24) is 25.0 Å². The van der Waals surface area contributed by atoms with Crippen molar-refractivity contribution in [3.8, 4) is 0 Å². The van der Waals surface area contributed by atoms with Crippen LogP contribution in [0.1, 0.15) is 36.6 Å². The van der Waals surface area contributed by atoms with Gasteiger partial charge in [0, 0.05) is 46.3 Å². The molecule has 0 aromatic carbocycles. The summed E-state index contributed by atoms with van der Waals surface area (Å²) in [7, 11) is 1.92. The summed E-state index contributed by atoms with van der Waals surface area (Å²) < 4.78 is 11.2. The molecule has 9 heteroatoms. The summed E-state index contributed by atoms with van der Waals surface area (Å²) in [5.41, 5.74) is 1.01. The van der Waals surface area contributed by atoms with Crippen molar-refractivity contribution >= 4 is 29.9 Å². The van der Waals surface area contributed by atoms with Crippen LogP contribution in [0.4, 0.5) is 0 Å². The second-order valence-electron chi connectivity index (χ2n) is 9.41. The summed E-state index contributed by atoms with van der Waals surface area (Å²) in [6, 6.07) is 0. The number of halogens is 1. The lowest BCUT2D eigenvalue weighted by Gasteiger charge is -2.32. The predicted octanol–water partition coefficient (Wildman–Crippen LogP) is 2.35. The van der Waals surface area contributed by atoms with Gasteiger partial charge in [-0.2, -0.15) is 0 Å². The largest absolute Gasteiger partial charge is 0.444 e. The van der Waals surface area contributed by atoms with E-state index in [1.165, 1.54) is 25.8 Å². The minimum absolute atomic E-state index is 0. The third kappa shape index (κ3) is 7.04. The van der Waals surface area contributed by atoms with Gasteiger partial charge in [0.05, 0.1) is 25.5 Å². The molecule has 0 amide bonds. The number of rotatable bonds is 6. The van der Waals surface area contributed by atoms with Crippen LogP contribution in [0.15, 0.2) is 9.41 Å². The van der Waals surface area contributed by atoms with Gasteiger partial charge >= 0.3 is 0 Å². The number of hydrogen-bond donors (Lipinski definition) is 1. The van der Waals surface area contributed by atoms with E-state index in [9.17, 15) is 0 Å². The Labute approximate surface area is 210 Å². The number of aromatic nitrogens is 1. The fourth-order valence-electron chi connectivity index (χ4n) is 5.04. The molecule has 1 N–H and O–H groups in total. The van der Waals surface area contributed by atoms with Crippen molar-refractivity contribution in [2.75, 3.05) is 72.6 Å². The molecule has 1 aromatic rings. The van der Waals surface area contributed by atoms with E-state index in [0.29, 0.717) is 5.92 Å². The second-order valence-corrected chi connectivity index (χ2v) is 9.41. The van der Waals surface area contributed by atoms with Crippen LogP contribution in [-0.2, 0) is 11.3 Å². The number of nitrogens with zero attached hydrogens (tertiary/aromatic N) is 5. The van der Waals surface area contributed by atoms with Crippen LogP contribution in [0.2, 0.25) is 0 Å². The number of hydrogen-bond acceptors (Lipinski definition) is 6. The molecule has 3 fully saturated rings. The van der Waals surface area contributed by atoms with E-state index < -0.39 is 0 Å². The Balaban J connectivity index is 0.00000289. The van der Waals surface area contributed by atoms with Crippen molar-refractivity contribution in [2.24, 2.45) is 16.8 Å². The SMILES string of the molecule is CN=C(NCC1CCN(Cc2nc(C)c(C)o2)CC1)N1CCC(CN2CCOCC2)C1.I. The molecule has 4 heterocycles. The highest BCUT2D eigenvalue weighted by molar-refractivity contribution is 14.0. The lowest BCUT2D eigenvalue weighted by Crippen LogP contribution is -2.45. The zero-order chi connectivity index (χ0) is 21.6. The molecule has 3 aliphatic heterocycles. The van der Waals surface area contributed by atoms with Gasteiger partial charge in [-0.05, 0) is 58.0 Å². The molecule has 8 nitrogen and oxygen atoms in total. The Morgan fingerprint density at radius 3 is 2.41 bits per heavy atom. The number of likely N-dealkylation sites (tertiary alicyclic amines) is 2. The van der Waals surface area contributed by atoms with E-state index in [-0.39, 0.29) is 24.0 Å². The van der Waals surface area contributed by atoms with E-state index in [4.69, 9.17) is 9.15 Å². The van der Waals surface area contributed by atoms with Gasteiger partial charge in [0.1, 0.15) is 5.76 Å². The molecule has 0 bridgehead atoms. The maximum absolute atomic E-state index is 5.76. The first-order valence-electron chi connectivity index (χ1n) is 12.0. The Kier molecular flexibility index (Phi) is 10.1. The van der Waals surface area contributed by atoms with Crippen molar-refractivity contribution in [3.63, 3.8) is 0 Å². The maximum atomic E-state index is 5.76. The van der Waals surface area contributed by atoms with Crippen LogP contribution >= 0.6 is 24.0 Å². The average Bonchev–Trinajstić information content (AvgIpc) is 3.36. The number of morpholine rings is 1. The smallest absolute Gasteiger partial charge is 0.208 e. The first-order chi connectivity index (χ1) is 15.1. The molecule has 1 aromatic heterocycles. The zero-order valence-corrected chi connectivity index (χ0v) is 22.3. The first-order valence-corrected chi connectivity index (χ1v) is 12.0. The summed E-state index contributed by atoms with van der Waals surface area (Å²) in [4.78, 5) is 16.6. The average molecular weight is 561 g/mol. The molecular weight excluding hydrogens is 519 g/mol. The van der Waals surface area contributed by atoms with E-state index in [1.54, 1.807) is 0 Å². The number of piperidine rings is 1. The van der Waals surface area contributed by atoms with Crippen molar-refractivity contribution < 1.29 is 9.15 Å². The summed E-state index contributed by atoms with van der Waals surface area (Å²) in [6.45, 7) is 15.4. The lowest BCUT2D eigenvalue weighted by atomic mass is 9.97. The van der Waals surface area contributed by atoms with Gasteiger partial charge in [-0.15, -0.1) is 24.0 Å². The molecule has 0 spiro atoms. The van der Waals surface area contributed by atoms with Crippen LogP contribution in [0, 0.1) is 25.7 Å². The molecule has 0 radical (unpaired) electrons. The minimum atomic E-state index is 0. The van der Waals surface area contributed by atoms with Gasteiger partial charge in [-0.1, -0.05) is 0 Å². The number of ether oxygens (including phenoxy) is 1. The molecule has 0 aliphatic carbocycles. The minimum Gasteiger partial charge on any atom is -0.444 e. The normalized spacial score (nSPS) is 24.0. The number of oxazole rings is 1. The summed E-state index contributed by atoms with van der Waals surface area (Å²) in [5.74, 6) is 4.31. The van der Waals surface area contributed by atoms with Gasteiger partial charge in [0.2, 0.25) is 5.89 Å². The molecule has 4 rings (SSSR count). The number of nitrogens with one attached hydrogen (secondary N) is 1. The number of guanidine groups is 1. The maximum Gasteiger partial charge on any atom is 0.208 e. The van der Waals surface area contributed by atoms with E-state index >= 15 is 0 Å². The summed E-state index contributed by atoms with van der Waals surface area (Å²) >= 11 is 0. The van der Waals surface area contributed by atoms with Crippen LogP contribution in [-0.4, -0.2) is 98.3 Å². The van der Waals surface area contributed by atoms with Crippen LogP contribution < -0.4 is 5.32 Å². The lowest BCUT2D eigenvalue weighted by molar-refractivity contribution is 0.0315. The standard InChI is InChI=1S/C23H40N6O2.HI/c1-18-19(2)31-22(26-18)17-27-7-4-20(5-8-27)14-25-23(24-3)29-9-6-21(16-29)15-28-10-12-30-13-11-28;/h20-21H,4-17H2,1-3H3,(H,24,25);1H. The molecule has 1 atom stereocenters. The molecule has 32 heavy (non-hydrogen) atoms. The van der Waals surface area contributed by atoms with Gasteiger partial charge in [0.25, 0.3) is 0 Å². The Morgan fingerprint density at radius 2 is 1.75 bits per heavy atom. The highest BCUT2D eigenvalue weighted by atomic mass is 127. The monoisotopic (exact) mass is 560 g/mol. The summed E-state index contributed by atoms with van der Waals surface area (Å²) in [6.07, 6.45) is 3.68. The fraction of sp³-hybridized carbons (Fsp3) is 0.826. The fourth-order valence-corrected chi connectivity index (χ4v) is 5.04. The quantitative estimate of drug-likeness (QED) is 0.326. The van der Waals surface area contributed by atoms with Crippen molar-refractivity contribution in [3.05, 3.63) is 17.3 Å². The first kappa shape index (κ1) is 25.7. The third-order valence-electron chi connectivity index (χ3n) is 7.10. The molecule has 3 aliphatic rings. The highest BCUT2D eigenvalue weighted by Crippen LogP contribution is 2.21. The van der Waals surface area contributed by atoms with E-state index in [1.807, 2.05) is 20.9 Å². The zero-order valence-electron chi connectivity index (χ0n) is 20.0. The Bertz CT molecular complexity index is 709. The molecule has 182 valence electrons. The molecular formula is C23H41IN6O2. The highest BCUT2D eigenvalue weighted by Gasteiger charge is 2.28. The predicted molar refractivity (Wildman–Crippen MR) is 138 cm³/mol. The second kappa shape index (κ2) is 12.5. The van der Waals surface area contributed by atoms with Gasteiger partial charge in [0.15, 0.2) is 5.96 Å². The number of aryl methyl sites for hydroxylation is 2. The van der Waals surface area contributed by atoms with Crippen molar-refractivity contribution in [2.45, 2.75) is 39.7 Å². The Hall–Kier alpha value is -0.910. The topological polar surface area (TPSA) is 69.4 Å². The van der Waals surface area contributed by atoms with Gasteiger partial charge < -0.3 is 19.4 Å². The van der Waals surface area contributed by atoms with E-state index in [2.05, 4.69) is 30.0 Å². The van der Waals surface area contributed by atoms with Crippen LogP contribution in [0.25, 0.3) is 0 Å². The molecule has 1 unspecified atom stereocenters. The summed E-state index contributed by atoms with van der Waals surface area (Å²) in [5, 5.41) is 3.67. The van der Waals surface area contributed by atoms with Crippen LogP contribution in [0.3, 0.4) is 0 Å². The molecule has 3 saturated heterocycles. The van der Waals surface area contributed by atoms with Crippen LogP contribution in [0.5, 0.6) is 0 Å². The van der Waals surface area contributed by atoms with E-state index in [0.717, 1.165) is 94.8 Å². The van der Waals surface area contributed by atoms with Gasteiger partial charge in [-0.3, -0.25) is 14.8 Å². The Morgan fingerprint density at radius 1 is 1.03 bits per heavy atom. The third-order valence-corrected chi connectivity index (χ3v) is 7.10.